The van der Waals surface area contributed by atoms with E-state index in [1.807, 2.05) is 30.3 Å². The Bertz CT molecular complexity index is 588. The van der Waals surface area contributed by atoms with Crippen LogP contribution < -0.4 is 15.4 Å². The van der Waals surface area contributed by atoms with Gasteiger partial charge in [-0.25, -0.2) is 4.39 Å². The summed E-state index contributed by atoms with van der Waals surface area (Å²) >= 11 is 0. The first kappa shape index (κ1) is 13.9. The van der Waals surface area contributed by atoms with Gasteiger partial charge in [-0.2, -0.15) is 0 Å². The quantitative estimate of drug-likeness (QED) is 0.881. The summed E-state index contributed by atoms with van der Waals surface area (Å²) in [6.45, 7) is 0.0562. The maximum Gasteiger partial charge on any atom is 0.243 e. The number of ether oxygens (including phenoxy) is 1. The highest BCUT2D eigenvalue weighted by Gasteiger charge is 2.08. The van der Waals surface area contributed by atoms with Crippen molar-refractivity contribution in [3.05, 3.63) is 54.3 Å². The summed E-state index contributed by atoms with van der Waals surface area (Å²) in [5.74, 6) is -0.349. The maximum absolute atomic E-state index is 13.5. The van der Waals surface area contributed by atoms with Crippen LogP contribution in [0.4, 0.5) is 15.8 Å². The van der Waals surface area contributed by atoms with E-state index < -0.39 is 5.82 Å². The molecule has 5 heteroatoms. The SMILES string of the molecule is COc1ccc(F)c(NC(=O)CNc2ccccc2)c1. The van der Waals surface area contributed by atoms with Crippen LogP contribution in [0.15, 0.2) is 48.5 Å². The molecule has 104 valence electrons. The predicted octanol–water partition coefficient (Wildman–Crippen LogP) is 2.88. The lowest BCUT2D eigenvalue weighted by Crippen LogP contribution is -2.22. The first-order valence-electron chi connectivity index (χ1n) is 6.11. The summed E-state index contributed by atoms with van der Waals surface area (Å²) in [6.07, 6.45) is 0. The number of benzene rings is 2. The minimum atomic E-state index is -0.501. The van der Waals surface area contributed by atoms with Crippen molar-refractivity contribution in [3.8, 4) is 5.75 Å². The zero-order chi connectivity index (χ0) is 14.4. The van der Waals surface area contributed by atoms with Gasteiger partial charge in [-0.15, -0.1) is 0 Å². The lowest BCUT2D eigenvalue weighted by molar-refractivity contribution is -0.114. The number of para-hydroxylation sites is 1. The molecule has 0 radical (unpaired) electrons. The average molecular weight is 274 g/mol. The Hall–Kier alpha value is -2.56. The van der Waals surface area contributed by atoms with Crippen LogP contribution in [0, 0.1) is 5.82 Å². The number of halogens is 1. The third-order valence-electron chi connectivity index (χ3n) is 2.67. The molecular weight excluding hydrogens is 259 g/mol. The van der Waals surface area contributed by atoms with E-state index in [2.05, 4.69) is 10.6 Å². The second-order valence-electron chi connectivity index (χ2n) is 4.11. The van der Waals surface area contributed by atoms with Crippen LogP contribution in [0.5, 0.6) is 5.75 Å². The second kappa shape index (κ2) is 6.56. The molecule has 0 spiro atoms. The number of nitrogens with one attached hydrogen (secondary N) is 2. The van der Waals surface area contributed by atoms with Gasteiger partial charge in [-0.05, 0) is 24.3 Å². The minimum absolute atomic E-state index is 0.0562. The number of hydrogen-bond acceptors (Lipinski definition) is 3. The van der Waals surface area contributed by atoms with E-state index in [1.54, 1.807) is 0 Å². The molecule has 0 saturated carbocycles. The Balaban J connectivity index is 1.94. The molecule has 0 aliphatic rings. The van der Waals surface area contributed by atoms with Gasteiger partial charge in [-0.1, -0.05) is 18.2 Å². The molecule has 2 aromatic rings. The number of anilines is 2. The Labute approximate surface area is 116 Å². The summed E-state index contributed by atoms with van der Waals surface area (Å²) in [5.41, 5.74) is 0.929. The van der Waals surface area contributed by atoms with E-state index in [-0.39, 0.29) is 18.1 Å². The number of amides is 1. The molecule has 0 bridgehead atoms. The molecule has 1 amide bonds. The molecule has 2 N–H and O–H groups in total. The molecule has 0 aliphatic carbocycles. The molecular formula is C15H15FN2O2. The third-order valence-corrected chi connectivity index (χ3v) is 2.67. The third kappa shape index (κ3) is 3.71. The van der Waals surface area contributed by atoms with Crippen molar-refractivity contribution in [2.75, 3.05) is 24.3 Å². The van der Waals surface area contributed by atoms with E-state index in [4.69, 9.17) is 4.74 Å². The van der Waals surface area contributed by atoms with Gasteiger partial charge >= 0.3 is 0 Å². The first-order valence-corrected chi connectivity index (χ1v) is 6.11. The van der Waals surface area contributed by atoms with Gasteiger partial charge in [0.25, 0.3) is 0 Å². The maximum atomic E-state index is 13.5. The zero-order valence-corrected chi connectivity index (χ0v) is 11.0. The van der Waals surface area contributed by atoms with Gasteiger partial charge in [-0.3, -0.25) is 4.79 Å². The van der Waals surface area contributed by atoms with Crippen molar-refractivity contribution >= 4 is 17.3 Å². The molecule has 2 rings (SSSR count). The Morgan fingerprint density at radius 1 is 1.20 bits per heavy atom. The molecule has 20 heavy (non-hydrogen) atoms. The van der Waals surface area contributed by atoms with Gasteiger partial charge in [0.15, 0.2) is 0 Å². The van der Waals surface area contributed by atoms with Crippen LogP contribution in [0.2, 0.25) is 0 Å². The lowest BCUT2D eigenvalue weighted by atomic mass is 10.3. The van der Waals surface area contributed by atoms with Gasteiger partial charge in [0.1, 0.15) is 11.6 Å². The average Bonchev–Trinajstić information content (AvgIpc) is 2.48. The molecule has 4 nitrogen and oxygen atoms in total. The molecule has 0 aliphatic heterocycles. The van der Waals surface area contributed by atoms with Gasteiger partial charge in [0.05, 0.1) is 19.3 Å². The van der Waals surface area contributed by atoms with Crippen LogP contribution in [0.3, 0.4) is 0 Å². The van der Waals surface area contributed by atoms with Gasteiger partial charge < -0.3 is 15.4 Å². The number of carbonyl (C=O) groups excluding carboxylic acids is 1. The summed E-state index contributed by atoms with van der Waals surface area (Å²) in [6, 6.07) is 13.5. The smallest absolute Gasteiger partial charge is 0.243 e. The molecule has 0 aromatic heterocycles. The minimum Gasteiger partial charge on any atom is -0.497 e. The highest BCUT2D eigenvalue weighted by atomic mass is 19.1. The van der Waals surface area contributed by atoms with Crippen LogP contribution in [-0.2, 0) is 4.79 Å². The normalized spacial score (nSPS) is 9.90. The van der Waals surface area contributed by atoms with Crippen LogP contribution in [-0.4, -0.2) is 19.6 Å². The van der Waals surface area contributed by atoms with E-state index in [0.717, 1.165) is 5.69 Å². The van der Waals surface area contributed by atoms with Gasteiger partial charge in [0.2, 0.25) is 5.91 Å². The fourth-order valence-corrected chi connectivity index (χ4v) is 1.66. The number of methoxy groups -OCH3 is 1. The molecule has 2 aromatic carbocycles. The molecule has 0 saturated heterocycles. The van der Waals surface area contributed by atoms with Crippen LogP contribution in [0.1, 0.15) is 0 Å². The summed E-state index contributed by atoms with van der Waals surface area (Å²) in [5, 5.41) is 5.45. The van der Waals surface area contributed by atoms with E-state index >= 15 is 0 Å². The van der Waals surface area contributed by atoms with E-state index in [1.165, 1.54) is 25.3 Å². The molecule has 0 heterocycles. The van der Waals surface area contributed by atoms with Crippen molar-refractivity contribution < 1.29 is 13.9 Å². The van der Waals surface area contributed by atoms with Crippen molar-refractivity contribution in [2.24, 2.45) is 0 Å². The number of rotatable bonds is 5. The molecule has 0 fully saturated rings. The Kier molecular flexibility index (Phi) is 4.55. The Morgan fingerprint density at radius 2 is 1.95 bits per heavy atom. The summed E-state index contributed by atoms with van der Waals surface area (Å²) in [7, 11) is 1.48. The lowest BCUT2D eigenvalue weighted by Gasteiger charge is -2.09. The summed E-state index contributed by atoms with van der Waals surface area (Å²) < 4.78 is 18.5. The predicted molar refractivity (Wildman–Crippen MR) is 76.5 cm³/mol. The first-order chi connectivity index (χ1) is 9.69. The van der Waals surface area contributed by atoms with Crippen molar-refractivity contribution in [1.29, 1.82) is 0 Å². The zero-order valence-electron chi connectivity index (χ0n) is 11.0. The second-order valence-corrected chi connectivity index (χ2v) is 4.11. The Morgan fingerprint density at radius 3 is 2.65 bits per heavy atom. The standard InChI is InChI=1S/C15H15FN2O2/c1-20-12-7-8-13(16)14(9-12)18-15(19)10-17-11-5-3-2-4-6-11/h2-9,17H,10H2,1H3,(H,18,19). The number of carbonyl (C=O) groups is 1. The summed E-state index contributed by atoms with van der Waals surface area (Å²) in [4.78, 5) is 11.8. The monoisotopic (exact) mass is 274 g/mol. The van der Waals surface area contributed by atoms with E-state index in [9.17, 15) is 9.18 Å². The van der Waals surface area contributed by atoms with Gasteiger partial charge in [0, 0.05) is 11.8 Å². The molecule has 0 atom stereocenters. The van der Waals surface area contributed by atoms with Crippen molar-refractivity contribution in [3.63, 3.8) is 0 Å². The van der Waals surface area contributed by atoms with Crippen molar-refractivity contribution in [1.82, 2.24) is 0 Å². The number of hydrogen-bond donors (Lipinski definition) is 2. The van der Waals surface area contributed by atoms with E-state index in [0.29, 0.717) is 5.75 Å². The highest BCUT2D eigenvalue weighted by Crippen LogP contribution is 2.20. The fraction of sp³-hybridized carbons (Fsp3) is 0.133. The largest absolute Gasteiger partial charge is 0.497 e. The topological polar surface area (TPSA) is 50.4 Å². The molecule has 0 unspecified atom stereocenters. The van der Waals surface area contributed by atoms with Crippen molar-refractivity contribution in [2.45, 2.75) is 0 Å². The van der Waals surface area contributed by atoms with Crippen LogP contribution in [0.25, 0.3) is 0 Å². The van der Waals surface area contributed by atoms with Crippen LogP contribution >= 0.6 is 0 Å². The fourth-order valence-electron chi connectivity index (χ4n) is 1.66. The highest BCUT2D eigenvalue weighted by molar-refractivity contribution is 5.94.